The van der Waals surface area contributed by atoms with E-state index in [9.17, 15) is 8.78 Å². The summed E-state index contributed by atoms with van der Waals surface area (Å²) in [6, 6.07) is 2.80. The number of halogens is 2. The summed E-state index contributed by atoms with van der Waals surface area (Å²) >= 11 is 5.16. The Morgan fingerprint density at radius 1 is 1.33 bits per heavy atom. The molecule has 0 unspecified atom stereocenters. The zero-order chi connectivity index (χ0) is 11.2. The number of benzene rings is 1. The lowest BCUT2D eigenvalue weighted by atomic mass is 10.1. The van der Waals surface area contributed by atoms with Gasteiger partial charge in [-0.05, 0) is 25.5 Å². The molecule has 2 rings (SSSR count). The quantitative estimate of drug-likeness (QED) is 0.678. The molecule has 1 aromatic carbocycles. The Morgan fingerprint density at radius 2 is 2.00 bits per heavy atom. The van der Waals surface area contributed by atoms with E-state index >= 15 is 0 Å². The maximum Gasteiger partial charge on any atom is 0.182 e. The van der Waals surface area contributed by atoms with Crippen molar-refractivity contribution < 1.29 is 8.78 Å². The van der Waals surface area contributed by atoms with Gasteiger partial charge in [-0.1, -0.05) is 18.3 Å². The van der Waals surface area contributed by atoms with Crippen LogP contribution in [0.15, 0.2) is 12.1 Å². The molecule has 0 bridgehead atoms. The van der Waals surface area contributed by atoms with E-state index in [1.54, 1.807) is 11.0 Å². The van der Waals surface area contributed by atoms with Gasteiger partial charge in [-0.15, -0.1) is 0 Å². The van der Waals surface area contributed by atoms with E-state index in [0.717, 1.165) is 11.6 Å². The van der Waals surface area contributed by atoms with Gasteiger partial charge in [-0.3, -0.25) is 0 Å². The van der Waals surface area contributed by atoms with Crippen LogP contribution >= 0.6 is 12.2 Å². The molecule has 80 valence electrons. The van der Waals surface area contributed by atoms with Crippen LogP contribution in [0.5, 0.6) is 0 Å². The van der Waals surface area contributed by atoms with Crippen LogP contribution in [0.25, 0.3) is 0 Å². The largest absolute Gasteiger partial charge is 0.330 e. The average Bonchev–Trinajstić information content (AvgIpc) is 2.49. The summed E-state index contributed by atoms with van der Waals surface area (Å²) in [6.45, 7) is 3.82. The van der Waals surface area contributed by atoms with E-state index in [1.807, 2.05) is 13.8 Å². The number of nitrogens with zero attached hydrogens (tertiary/aromatic N) is 1. The van der Waals surface area contributed by atoms with Gasteiger partial charge in [0.15, 0.2) is 11.6 Å². The Balaban J connectivity index is 2.60. The molecule has 0 saturated carbocycles. The first kappa shape index (κ1) is 10.5. The highest BCUT2D eigenvalue weighted by molar-refractivity contribution is 7.80. The van der Waals surface area contributed by atoms with Gasteiger partial charge in [0, 0.05) is 12.5 Å². The van der Waals surface area contributed by atoms with Crippen molar-refractivity contribution in [3.05, 3.63) is 29.3 Å². The van der Waals surface area contributed by atoms with Crippen molar-refractivity contribution in [1.29, 1.82) is 0 Å². The van der Waals surface area contributed by atoms with E-state index < -0.39 is 11.6 Å². The van der Waals surface area contributed by atoms with Crippen LogP contribution in [-0.4, -0.2) is 11.0 Å². The Bertz CT molecular complexity index is 429. The fourth-order valence-electron chi connectivity index (χ4n) is 1.90. The summed E-state index contributed by atoms with van der Waals surface area (Å²) in [6.07, 6.45) is 0.528. The van der Waals surface area contributed by atoms with Crippen molar-refractivity contribution >= 4 is 22.9 Å². The average molecular weight is 227 g/mol. The summed E-state index contributed by atoms with van der Waals surface area (Å²) in [4.78, 5) is 2.34. The van der Waals surface area contributed by atoms with Gasteiger partial charge in [-0.2, -0.15) is 0 Å². The molecule has 1 heterocycles. The van der Waals surface area contributed by atoms with E-state index in [-0.39, 0.29) is 6.04 Å². The first-order valence-electron chi connectivity index (χ1n) is 4.81. The van der Waals surface area contributed by atoms with Crippen LogP contribution in [0.1, 0.15) is 19.4 Å². The molecule has 0 aromatic heterocycles. The van der Waals surface area contributed by atoms with Crippen LogP contribution in [-0.2, 0) is 6.42 Å². The Morgan fingerprint density at radius 3 is 2.60 bits per heavy atom. The van der Waals surface area contributed by atoms with Gasteiger partial charge in [0.25, 0.3) is 0 Å². The molecule has 4 heteroatoms. The Hall–Kier alpha value is -1.03. The standard InChI is InChI=1S/C11H11F2NS/c1-6(2)14-9(15)5-7-3-4-8(12)10(13)11(7)14/h3-4,6H,5H2,1-2H3. The number of anilines is 1. The molecule has 1 aromatic rings. The molecule has 1 nitrogen and oxygen atoms in total. The molecular weight excluding hydrogens is 216 g/mol. The van der Waals surface area contributed by atoms with Gasteiger partial charge >= 0.3 is 0 Å². The summed E-state index contributed by atoms with van der Waals surface area (Å²) in [7, 11) is 0. The number of hydrogen-bond donors (Lipinski definition) is 0. The first-order valence-corrected chi connectivity index (χ1v) is 5.22. The van der Waals surface area contributed by atoms with Gasteiger partial charge in [-0.25, -0.2) is 8.78 Å². The summed E-state index contributed by atoms with van der Waals surface area (Å²) in [5.41, 5.74) is 1.09. The topological polar surface area (TPSA) is 3.24 Å². The lowest BCUT2D eigenvalue weighted by molar-refractivity contribution is 0.507. The molecule has 0 atom stereocenters. The second-order valence-corrected chi connectivity index (χ2v) is 4.37. The highest BCUT2D eigenvalue weighted by atomic mass is 32.1. The Kier molecular flexibility index (Phi) is 2.46. The van der Waals surface area contributed by atoms with Crippen molar-refractivity contribution in [1.82, 2.24) is 0 Å². The van der Waals surface area contributed by atoms with Crippen molar-refractivity contribution in [3.8, 4) is 0 Å². The van der Waals surface area contributed by atoms with Crippen LogP contribution in [0.3, 0.4) is 0 Å². The van der Waals surface area contributed by atoms with Gasteiger partial charge < -0.3 is 4.90 Å². The molecule has 0 spiro atoms. The predicted molar refractivity (Wildman–Crippen MR) is 60.3 cm³/mol. The normalized spacial score (nSPS) is 15.0. The number of fused-ring (bicyclic) bond motifs is 1. The van der Waals surface area contributed by atoms with Crippen LogP contribution in [0.2, 0.25) is 0 Å². The third-order valence-corrected chi connectivity index (χ3v) is 2.86. The number of hydrogen-bond acceptors (Lipinski definition) is 1. The van der Waals surface area contributed by atoms with Crippen molar-refractivity contribution in [3.63, 3.8) is 0 Å². The molecule has 0 fully saturated rings. The molecule has 1 aliphatic heterocycles. The van der Waals surface area contributed by atoms with Crippen LogP contribution < -0.4 is 4.90 Å². The number of rotatable bonds is 1. The SMILES string of the molecule is CC(C)N1C(=S)Cc2ccc(F)c(F)c21. The van der Waals surface area contributed by atoms with E-state index in [4.69, 9.17) is 12.2 Å². The minimum Gasteiger partial charge on any atom is -0.330 e. The Labute approximate surface area is 92.7 Å². The molecule has 0 radical (unpaired) electrons. The fraction of sp³-hybridized carbons (Fsp3) is 0.364. The predicted octanol–water partition coefficient (Wildman–Crippen LogP) is 3.06. The highest BCUT2D eigenvalue weighted by Crippen LogP contribution is 2.34. The second kappa shape index (κ2) is 3.52. The van der Waals surface area contributed by atoms with Crippen LogP contribution in [0, 0.1) is 11.6 Å². The molecule has 0 amide bonds. The molecule has 1 aliphatic rings. The molecular formula is C11H11F2NS. The fourth-order valence-corrected chi connectivity index (χ4v) is 2.36. The van der Waals surface area contributed by atoms with E-state index in [2.05, 4.69) is 0 Å². The minimum atomic E-state index is -0.816. The minimum absolute atomic E-state index is 0.0510. The molecule has 0 N–H and O–H groups in total. The summed E-state index contributed by atoms with van der Waals surface area (Å²) < 4.78 is 26.7. The van der Waals surface area contributed by atoms with E-state index in [0.29, 0.717) is 17.1 Å². The lowest BCUT2D eigenvalue weighted by Gasteiger charge is -2.24. The zero-order valence-corrected chi connectivity index (χ0v) is 9.37. The molecule has 0 saturated heterocycles. The smallest absolute Gasteiger partial charge is 0.182 e. The first-order chi connectivity index (χ1) is 7.02. The van der Waals surface area contributed by atoms with Gasteiger partial charge in [0.1, 0.15) is 0 Å². The zero-order valence-electron chi connectivity index (χ0n) is 8.55. The second-order valence-electron chi connectivity index (χ2n) is 3.90. The lowest BCUT2D eigenvalue weighted by Crippen LogP contribution is -2.33. The van der Waals surface area contributed by atoms with Crippen LogP contribution in [0.4, 0.5) is 14.5 Å². The van der Waals surface area contributed by atoms with E-state index in [1.165, 1.54) is 0 Å². The van der Waals surface area contributed by atoms with Gasteiger partial charge in [0.2, 0.25) is 0 Å². The van der Waals surface area contributed by atoms with Crippen molar-refractivity contribution in [2.24, 2.45) is 0 Å². The van der Waals surface area contributed by atoms with Crippen molar-refractivity contribution in [2.75, 3.05) is 4.90 Å². The summed E-state index contributed by atoms with van der Waals surface area (Å²) in [5, 5.41) is 0. The summed E-state index contributed by atoms with van der Waals surface area (Å²) in [5.74, 6) is -1.61. The maximum atomic E-state index is 13.6. The molecule has 15 heavy (non-hydrogen) atoms. The maximum absolute atomic E-state index is 13.6. The number of thiocarbonyl (C=S) groups is 1. The molecule has 0 aliphatic carbocycles. The third-order valence-electron chi connectivity index (χ3n) is 2.52. The van der Waals surface area contributed by atoms with Gasteiger partial charge in [0.05, 0.1) is 10.7 Å². The third kappa shape index (κ3) is 1.53. The highest BCUT2D eigenvalue weighted by Gasteiger charge is 2.30. The van der Waals surface area contributed by atoms with Crippen molar-refractivity contribution in [2.45, 2.75) is 26.3 Å². The monoisotopic (exact) mass is 227 g/mol.